The van der Waals surface area contributed by atoms with Gasteiger partial charge in [-0.3, -0.25) is 5.32 Å². The van der Waals surface area contributed by atoms with Gasteiger partial charge in [-0.1, -0.05) is 103 Å². The van der Waals surface area contributed by atoms with E-state index in [4.69, 9.17) is 9.47 Å². The molecule has 0 aliphatic rings. The second-order valence-electron chi connectivity index (χ2n) is 7.50. The van der Waals surface area contributed by atoms with Gasteiger partial charge in [0, 0.05) is 13.2 Å². The highest BCUT2D eigenvalue weighted by Gasteiger charge is 2.05. The fourth-order valence-corrected chi connectivity index (χ4v) is 3.36. The largest absolute Gasteiger partial charge is 0.340 e. The van der Waals surface area contributed by atoms with E-state index < -0.39 is 0 Å². The van der Waals surface area contributed by atoms with Gasteiger partial charge in [0.25, 0.3) is 0 Å². The molecule has 0 aliphatic carbocycles. The Kier molecular flexibility index (Phi) is 22.8. The minimum Gasteiger partial charge on any atom is -0.340 e. The summed E-state index contributed by atoms with van der Waals surface area (Å²) in [6, 6.07) is 0. The minimum absolute atomic E-state index is 0.221. The van der Waals surface area contributed by atoms with Crippen LogP contribution in [0.4, 0.5) is 0 Å². The third-order valence-corrected chi connectivity index (χ3v) is 4.98. The van der Waals surface area contributed by atoms with Crippen LogP contribution in [0.1, 0.15) is 124 Å². The summed E-state index contributed by atoms with van der Waals surface area (Å²) < 4.78 is 11.0. The van der Waals surface area contributed by atoms with E-state index in [9.17, 15) is 0 Å². The van der Waals surface area contributed by atoms with E-state index in [0.29, 0.717) is 13.2 Å². The Labute approximate surface area is 165 Å². The second kappa shape index (κ2) is 22.9. The van der Waals surface area contributed by atoms with Gasteiger partial charge in [0.1, 0.15) is 0 Å². The maximum Gasteiger partial charge on any atom is 0.216 e. The van der Waals surface area contributed by atoms with Crippen LogP contribution in [0.25, 0.3) is 0 Å². The van der Waals surface area contributed by atoms with Crippen LogP contribution in [0, 0.1) is 0 Å². The smallest absolute Gasteiger partial charge is 0.216 e. The van der Waals surface area contributed by atoms with Crippen LogP contribution in [0.2, 0.25) is 0 Å². The Balaban J connectivity index is 3.13. The van der Waals surface area contributed by atoms with E-state index in [1.807, 2.05) is 13.8 Å². The maximum atomic E-state index is 5.48. The van der Waals surface area contributed by atoms with Crippen LogP contribution in [0.5, 0.6) is 0 Å². The molecule has 0 rings (SSSR count). The van der Waals surface area contributed by atoms with Crippen molar-refractivity contribution in [2.24, 2.45) is 0 Å². The fourth-order valence-electron chi connectivity index (χ4n) is 3.36. The summed E-state index contributed by atoms with van der Waals surface area (Å²) in [4.78, 5) is 0. The molecule has 0 aromatic carbocycles. The normalized spacial score (nSPS) is 11.5. The van der Waals surface area contributed by atoms with Crippen LogP contribution in [-0.2, 0) is 9.47 Å². The summed E-state index contributed by atoms with van der Waals surface area (Å²) in [7, 11) is 0. The Morgan fingerprint density at radius 2 is 0.846 bits per heavy atom. The molecule has 0 aromatic rings. The van der Waals surface area contributed by atoms with Gasteiger partial charge in [0.15, 0.2) is 0 Å². The number of hydrogen-bond donors (Lipinski definition) is 1. The molecule has 0 atom stereocenters. The van der Waals surface area contributed by atoms with E-state index in [1.54, 1.807) is 0 Å². The number of nitrogens with one attached hydrogen (secondary N) is 1. The van der Waals surface area contributed by atoms with Gasteiger partial charge in [-0.2, -0.15) is 0 Å². The zero-order valence-electron chi connectivity index (χ0n) is 18.3. The molecule has 0 heterocycles. The Morgan fingerprint density at radius 1 is 0.500 bits per heavy atom. The molecule has 3 nitrogen and oxygen atoms in total. The van der Waals surface area contributed by atoms with E-state index in [2.05, 4.69) is 12.2 Å². The SMILES string of the molecule is CCCCCCCCCCCCCCCCCCNC(OCC)OCC. The summed E-state index contributed by atoms with van der Waals surface area (Å²) in [6.07, 6.45) is 22.4. The quantitative estimate of drug-likeness (QED) is 0.161. The molecule has 1 N–H and O–H groups in total. The molecular weight excluding hydrogens is 322 g/mol. The molecule has 0 aromatic heterocycles. The molecule has 0 fully saturated rings. The highest BCUT2D eigenvalue weighted by Crippen LogP contribution is 2.13. The van der Waals surface area contributed by atoms with Crippen molar-refractivity contribution in [2.75, 3.05) is 19.8 Å². The number of rotatable bonds is 22. The van der Waals surface area contributed by atoms with Crippen molar-refractivity contribution in [3.63, 3.8) is 0 Å². The molecule has 158 valence electrons. The lowest BCUT2D eigenvalue weighted by molar-refractivity contribution is -0.154. The van der Waals surface area contributed by atoms with Crippen molar-refractivity contribution in [2.45, 2.75) is 130 Å². The van der Waals surface area contributed by atoms with Gasteiger partial charge in [0.2, 0.25) is 6.41 Å². The van der Waals surface area contributed by atoms with Crippen LogP contribution >= 0.6 is 0 Å². The third kappa shape index (κ3) is 20.2. The topological polar surface area (TPSA) is 30.5 Å². The first kappa shape index (κ1) is 25.9. The zero-order chi connectivity index (χ0) is 19.1. The highest BCUT2D eigenvalue weighted by atomic mass is 16.7. The summed E-state index contributed by atoms with van der Waals surface area (Å²) in [6.45, 7) is 8.67. The molecule has 3 heteroatoms. The number of hydrogen-bond acceptors (Lipinski definition) is 3. The lowest BCUT2D eigenvalue weighted by Crippen LogP contribution is -2.35. The predicted molar refractivity (Wildman–Crippen MR) is 115 cm³/mol. The number of ether oxygens (including phenoxy) is 2. The minimum atomic E-state index is -0.221. The number of unbranched alkanes of at least 4 members (excludes halogenated alkanes) is 15. The monoisotopic (exact) mass is 371 g/mol. The molecule has 0 bridgehead atoms. The fraction of sp³-hybridized carbons (Fsp3) is 1.00. The van der Waals surface area contributed by atoms with E-state index in [1.165, 1.54) is 103 Å². The molecule has 0 saturated heterocycles. The lowest BCUT2D eigenvalue weighted by Gasteiger charge is -2.18. The Morgan fingerprint density at radius 3 is 1.19 bits per heavy atom. The first-order valence-electron chi connectivity index (χ1n) is 11.8. The molecule has 0 amide bonds. The van der Waals surface area contributed by atoms with Crippen molar-refractivity contribution < 1.29 is 9.47 Å². The molecule has 0 saturated carbocycles. The average molecular weight is 372 g/mol. The molecule has 0 spiro atoms. The molecule has 26 heavy (non-hydrogen) atoms. The molecular formula is C23H49NO2. The molecule has 0 aliphatic heterocycles. The van der Waals surface area contributed by atoms with Crippen molar-refractivity contribution in [1.29, 1.82) is 0 Å². The van der Waals surface area contributed by atoms with Crippen molar-refractivity contribution >= 4 is 0 Å². The summed E-state index contributed by atoms with van der Waals surface area (Å²) in [5.74, 6) is 0. The standard InChI is InChI=1S/C23H49NO2/c1-4-7-8-9-10-11-12-13-14-15-16-17-18-19-20-21-22-24-23(25-5-2)26-6-3/h23-24H,4-22H2,1-3H3. The molecule has 0 unspecified atom stereocenters. The summed E-state index contributed by atoms with van der Waals surface area (Å²) in [5, 5.41) is 3.33. The van der Waals surface area contributed by atoms with Crippen molar-refractivity contribution in [1.82, 2.24) is 5.32 Å². The van der Waals surface area contributed by atoms with Gasteiger partial charge in [-0.05, 0) is 26.8 Å². The van der Waals surface area contributed by atoms with E-state index >= 15 is 0 Å². The Bertz CT molecular complexity index is 242. The van der Waals surface area contributed by atoms with Gasteiger partial charge in [-0.15, -0.1) is 0 Å². The summed E-state index contributed by atoms with van der Waals surface area (Å²) in [5.41, 5.74) is 0. The predicted octanol–water partition coefficient (Wildman–Crippen LogP) is 7.19. The first-order chi connectivity index (χ1) is 12.8. The van der Waals surface area contributed by atoms with Gasteiger partial charge < -0.3 is 9.47 Å². The van der Waals surface area contributed by atoms with Crippen LogP contribution in [0.15, 0.2) is 0 Å². The van der Waals surface area contributed by atoms with Crippen LogP contribution < -0.4 is 5.32 Å². The second-order valence-corrected chi connectivity index (χ2v) is 7.50. The van der Waals surface area contributed by atoms with Crippen molar-refractivity contribution in [3.05, 3.63) is 0 Å². The third-order valence-electron chi connectivity index (χ3n) is 4.98. The van der Waals surface area contributed by atoms with Gasteiger partial charge in [0.05, 0.1) is 0 Å². The lowest BCUT2D eigenvalue weighted by atomic mass is 10.0. The van der Waals surface area contributed by atoms with Crippen LogP contribution in [0.3, 0.4) is 0 Å². The zero-order valence-corrected chi connectivity index (χ0v) is 18.3. The molecule has 0 radical (unpaired) electrons. The first-order valence-corrected chi connectivity index (χ1v) is 11.8. The van der Waals surface area contributed by atoms with E-state index in [-0.39, 0.29) is 6.41 Å². The average Bonchev–Trinajstić information content (AvgIpc) is 2.64. The van der Waals surface area contributed by atoms with Gasteiger partial charge in [-0.25, -0.2) is 0 Å². The highest BCUT2D eigenvalue weighted by molar-refractivity contribution is 4.51. The summed E-state index contributed by atoms with van der Waals surface area (Å²) >= 11 is 0. The maximum absolute atomic E-state index is 5.48. The Hall–Kier alpha value is -0.120. The van der Waals surface area contributed by atoms with Gasteiger partial charge >= 0.3 is 0 Å². The van der Waals surface area contributed by atoms with E-state index in [0.717, 1.165) is 6.54 Å². The van der Waals surface area contributed by atoms with Crippen molar-refractivity contribution in [3.8, 4) is 0 Å². The van der Waals surface area contributed by atoms with Crippen LogP contribution in [-0.4, -0.2) is 26.2 Å².